The van der Waals surface area contributed by atoms with E-state index in [0.717, 1.165) is 9.94 Å². The summed E-state index contributed by atoms with van der Waals surface area (Å²) in [6.45, 7) is 1.77. The van der Waals surface area contributed by atoms with Gasteiger partial charge in [-0.25, -0.2) is 0 Å². The van der Waals surface area contributed by atoms with Crippen LogP contribution < -0.4 is 10.5 Å². The minimum atomic E-state index is -0.584. The summed E-state index contributed by atoms with van der Waals surface area (Å²) in [7, 11) is 1.61. The number of aliphatic hydroxyl groups excluding tert-OH is 1. The Morgan fingerprint density at radius 3 is 2.67 bits per heavy atom. The topological polar surface area (TPSA) is 55.5 Å². The van der Waals surface area contributed by atoms with Gasteiger partial charge >= 0.3 is 0 Å². The van der Waals surface area contributed by atoms with Crippen LogP contribution in [-0.2, 0) is 0 Å². The normalized spacial score (nSPS) is 15.7. The molecule has 0 fully saturated rings. The third kappa shape index (κ3) is 1.97. The maximum absolute atomic E-state index is 9.54. The van der Waals surface area contributed by atoms with Crippen LogP contribution in [0.5, 0.6) is 5.06 Å². The summed E-state index contributed by atoms with van der Waals surface area (Å²) in [5.74, 6) is 0. The van der Waals surface area contributed by atoms with Crippen LogP contribution in [-0.4, -0.2) is 18.3 Å². The van der Waals surface area contributed by atoms with Crippen LogP contribution in [0, 0.1) is 0 Å². The van der Waals surface area contributed by atoms with Gasteiger partial charge in [0.25, 0.3) is 0 Å². The zero-order chi connectivity index (χ0) is 9.14. The van der Waals surface area contributed by atoms with Crippen LogP contribution in [0.4, 0.5) is 0 Å². The van der Waals surface area contributed by atoms with Crippen LogP contribution in [0.1, 0.15) is 17.9 Å². The van der Waals surface area contributed by atoms with Crippen molar-refractivity contribution in [3.8, 4) is 5.06 Å². The van der Waals surface area contributed by atoms with Gasteiger partial charge in [-0.1, -0.05) is 0 Å². The smallest absolute Gasteiger partial charge is 0.173 e. The van der Waals surface area contributed by atoms with E-state index in [2.05, 4.69) is 0 Å². The Labute approximate surface area is 75.8 Å². The lowest BCUT2D eigenvalue weighted by Gasteiger charge is -2.11. The average molecular weight is 187 g/mol. The Balaban J connectivity index is 2.74. The van der Waals surface area contributed by atoms with E-state index in [4.69, 9.17) is 10.5 Å². The summed E-state index contributed by atoms with van der Waals surface area (Å²) in [5.41, 5.74) is 5.53. The van der Waals surface area contributed by atoms with Gasteiger partial charge in [0, 0.05) is 10.9 Å². The van der Waals surface area contributed by atoms with Gasteiger partial charge in [-0.3, -0.25) is 0 Å². The molecule has 1 aromatic rings. The van der Waals surface area contributed by atoms with Crippen LogP contribution in [0.15, 0.2) is 12.1 Å². The van der Waals surface area contributed by atoms with Crippen molar-refractivity contribution in [3.63, 3.8) is 0 Å². The summed E-state index contributed by atoms with van der Waals surface area (Å²) >= 11 is 1.42. The Bertz CT molecular complexity index is 247. The molecule has 0 amide bonds. The van der Waals surface area contributed by atoms with E-state index in [1.165, 1.54) is 11.3 Å². The third-order valence-corrected chi connectivity index (χ3v) is 2.71. The molecule has 2 atom stereocenters. The molecule has 12 heavy (non-hydrogen) atoms. The fraction of sp³-hybridized carbons (Fsp3) is 0.500. The Morgan fingerprint density at radius 1 is 1.58 bits per heavy atom. The van der Waals surface area contributed by atoms with Crippen molar-refractivity contribution in [2.75, 3.05) is 7.11 Å². The fourth-order valence-corrected chi connectivity index (χ4v) is 1.79. The molecule has 0 spiro atoms. The van der Waals surface area contributed by atoms with Crippen LogP contribution in [0.25, 0.3) is 0 Å². The zero-order valence-corrected chi connectivity index (χ0v) is 7.97. The quantitative estimate of drug-likeness (QED) is 0.746. The molecule has 0 saturated carbocycles. The van der Waals surface area contributed by atoms with Gasteiger partial charge < -0.3 is 15.6 Å². The number of hydrogen-bond acceptors (Lipinski definition) is 4. The maximum Gasteiger partial charge on any atom is 0.173 e. The van der Waals surface area contributed by atoms with Gasteiger partial charge in [-0.15, -0.1) is 11.3 Å². The van der Waals surface area contributed by atoms with Crippen LogP contribution >= 0.6 is 11.3 Å². The first-order valence-electron chi connectivity index (χ1n) is 3.72. The lowest BCUT2D eigenvalue weighted by molar-refractivity contribution is 0.157. The molecule has 0 aliphatic carbocycles. The predicted octanol–water partition coefficient (Wildman–Crippen LogP) is 1.14. The first kappa shape index (κ1) is 9.51. The highest BCUT2D eigenvalue weighted by Crippen LogP contribution is 2.29. The van der Waals surface area contributed by atoms with Gasteiger partial charge in [-0.2, -0.15) is 0 Å². The van der Waals surface area contributed by atoms with Crippen molar-refractivity contribution >= 4 is 11.3 Å². The van der Waals surface area contributed by atoms with E-state index in [1.807, 2.05) is 12.1 Å². The second-order valence-electron chi connectivity index (χ2n) is 2.66. The van der Waals surface area contributed by atoms with Crippen molar-refractivity contribution < 1.29 is 9.84 Å². The van der Waals surface area contributed by atoms with Crippen LogP contribution in [0.2, 0.25) is 0 Å². The number of aliphatic hydroxyl groups is 1. The van der Waals surface area contributed by atoms with Gasteiger partial charge in [0.1, 0.15) is 6.10 Å². The molecule has 1 aromatic heterocycles. The largest absolute Gasteiger partial charge is 0.487 e. The minimum Gasteiger partial charge on any atom is -0.487 e. The summed E-state index contributed by atoms with van der Waals surface area (Å²) in [5, 5.41) is 10.3. The van der Waals surface area contributed by atoms with Gasteiger partial charge in [0.15, 0.2) is 5.06 Å². The molecule has 4 heteroatoms. The molecule has 3 nitrogen and oxygen atoms in total. The lowest BCUT2D eigenvalue weighted by atomic mass is 10.2. The first-order valence-corrected chi connectivity index (χ1v) is 4.54. The zero-order valence-electron chi connectivity index (χ0n) is 7.15. The molecule has 3 N–H and O–H groups in total. The first-order chi connectivity index (χ1) is 5.65. The molecule has 1 rings (SSSR count). The molecule has 0 aromatic carbocycles. The van der Waals surface area contributed by atoms with Crippen molar-refractivity contribution in [2.24, 2.45) is 5.73 Å². The van der Waals surface area contributed by atoms with E-state index >= 15 is 0 Å². The molecule has 0 aliphatic rings. The number of thiophene rings is 1. The molecule has 68 valence electrons. The number of nitrogens with two attached hydrogens (primary N) is 1. The van der Waals surface area contributed by atoms with E-state index in [1.54, 1.807) is 14.0 Å². The maximum atomic E-state index is 9.54. The number of rotatable bonds is 3. The molecule has 0 bridgehead atoms. The highest BCUT2D eigenvalue weighted by Gasteiger charge is 2.14. The van der Waals surface area contributed by atoms with E-state index in [0.29, 0.717) is 0 Å². The Hall–Kier alpha value is -0.580. The number of ether oxygens (including phenoxy) is 1. The SMILES string of the molecule is COc1ccc(C(O)C(C)N)s1. The summed E-state index contributed by atoms with van der Waals surface area (Å²) in [6, 6.07) is 3.41. The van der Waals surface area contributed by atoms with Crippen LogP contribution in [0.3, 0.4) is 0 Å². The fourth-order valence-electron chi connectivity index (χ4n) is 0.862. The number of methoxy groups -OCH3 is 1. The molecule has 0 saturated heterocycles. The molecule has 1 heterocycles. The van der Waals surface area contributed by atoms with E-state index in [9.17, 15) is 5.11 Å². The van der Waals surface area contributed by atoms with Gasteiger partial charge in [0.2, 0.25) is 0 Å². The van der Waals surface area contributed by atoms with E-state index < -0.39 is 6.10 Å². The molecular weight excluding hydrogens is 174 g/mol. The minimum absolute atomic E-state index is 0.242. The highest BCUT2D eigenvalue weighted by atomic mass is 32.1. The second kappa shape index (κ2) is 3.89. The molecular formula is C8H13NO2S. The third-order valence-electron chi connectivity index (χ3n) is 1.59. The van der Waals surface area contributed by atoms with Gasteiger partial charge in [-0.05, 0) is 19.1 Å². The molecule has 0 radical (unpaired) electrons. The van der Waals surface area contributed by atoms with Crippen molar-refractivity contribution in [3.05, 3.63) is 17.0 Å². The van der Waals surface area contributed by atoms with Crippen molar-refractivity contribution in [1.29, 1.82) is 0 Å². The molecule has 2 unspecified atom stereocenters. The van der Waals surface area contributed by atoms with Crippen molar-refractivity contribution in [2.45, 2.75) is 19.1 Å². The molecule has 0 aliphatic heterocycles. The predicted molar refractivity (Wildman–Crippen MR) is 49.5 cm³/mol. The van der Waals surface area contributed by atoms with Gasteiger partial charge in [0.05, 0.1) is 7.11 Å². The average Bonchev–Trinajstić information content (AvgIpc) is 2.50. The Morgan fingerprint density at radius 2 is 2.25 bits per heavy atom. The second-order valence-corrected chi connectivity index (χ2v) is 3.74. The van der Waals surface area contributed by atoms with Crippen molar-refractivity contribution in [1.82, 2.24) is 0 Å². The number of hydrogen-bond donors (Lipinski definition) is 2. The monoisotopic (exact) mass is 187 g/mol. The summed E-state index contributed by atoms with van der Waals surface area (Å²) in [4.78, 5) is 0.849. The Kier molecular flexibility index (Phi) is 3.08. The highest BCUT2D eigenvalue weighted by molar-refractivity contribution is 7.13. The lowest BCUT2D eigenvalue weighted by Crippen LogP contribution is -2.23. The van der Waals surface area contributed by atoms with E-state index in [-0.39, 0.29) is 6.04 Å². The standard InChI is InChI=1S/C8H13NO2S/c1-5(9)8(10)6-3-4-7(11-2)12-6/h3-5,8,10H,9H2,1-2H3. The summed E-state index contributed by atoms with van der Waals surface area (Å²) in [6.07, 6.45) is -0.584. The summed E-state index contributed by atoms with van der Waals surface area (Å²) < 4.78 is 4.99.